The van der Waals surface area contributed by atoms with Crippen LogP contribution in [0.2, 0.25) is 0 Å². The molecule has 0 spiro atoms. The first kappa shape index (κ1) is 24.6. The molecule has 7 nitrogen and oxygen atoms in total. The van der Waals surface area contributed by atoms with Crippen LogP contribution < -0.4 is 14.8 Å². The molecule has 4 aromatic rings. The van der Waals surface area contributed by atoms with E-state index in [0.29, 0.717) is 13.1 Å². The van der Waals surface area contributed by atoms with E-state index in [2.05, 4.69) is 11.4 Å². The number of fused-ring (bicyclic) bond motifs is 1. The Balaban J connectivity index is 1.06. The second kappa shape index (κ2) is 11.3. The molecular weight excluding hydrogens is 468 g/mol. The Kier molecular flexibility index (Phi) is 7.54. The lowest BCUT2D eigenvalue weighted by Crippen LogP contribution is -2.39. The van der Waals surface area contributed by atoms with Crippen molar-refractivity contribution in [3.63, 3.8) is 0 Å². The zero-order valence-corrected chi connectivity index (χ0v) is 20.4. The van der Waals surface area contributed by atoms with E-state index in [0.717, 1.165) is 46.7 Å². The molecule has 37 heavy (non-hydrogen) atoms. The molecule has 2 heterocycles. The van der Waals surface area contributed by atoms with Gasteiger partial charge in [-0.1, -0.05) is 18.2 Å². The first-order valence-corrected chi connectivity index (χ1v) is 12.4. The average Bonchev–Trinajstić information content (AvgIpc) is 3.47. The number of aromatic carboxylic acids is 1. The van der Waals surface area contributed by atoms with Crippen LogP contribution in [0.1, 0.15) is 22.3 Å². The summed E-state index contributed by atoms with van der Waals surface area (Å²) < 4.78 is 13.9. The summed E-state index contributed by atoms with van der Waals surface area (Å²) in [4.78, 5) is 11.1. The maximum absolute atomic E-state index is 11.1. The van der Waals surface area contributed by atoms with Crippen LogP contribution in [0.25, 0.3) is 16.8 Å². The van der Waals surface area contributed by atoms with Gasteiger partial charge in [0.1, 0.15) is 30.3 Å². The molecule has 2 atom stereocenters. The van der Waals surface area contributed by atoms with E-state index in [9.17, 15) is 9.90 Å². The van der Waals surface area contributed by atoms with E-state index in [-0.39, 0.29) is 18.3 Å². The quantitative estimate of drug-likeness (QED) is 0.297. The van der Waals surface area contributed by atoms with Crippen molar-refractivity contribution in [1.29, 1.82) is 0 Å². The highest BCUT2D eigenvalue weighted by Gasteiger charge is 2.20. The number of aliphatic hydroxyl groups excluding tert-OH is 1. The Hall–Kier alpha value is -4.07. The molecule has 1 aliphatic heterocycles. The number of benzene rings is 3. The third kappa shape index (κ3) is 6.20. The summed E-state index contributed by atoms with van der Waals surface area (Å²) in [6.45, 7) is 1.26. The monoisotopic (exact) mass is 498 g/mol. The molecule has 2 unspecified atom stereocenters. The highest BCUT2D eigenvalue weighted by Crippen LogP contribution is 2.32. The summed E-state index contributed by atoms with van der Waals surface area (Å²) in [5, 5.41) is 22.7. The summed E-state index contributed by atoms with van der Waals surface area (Å²) in [5.74, 6) is 0.666. The van der Waals surface area contributed by atoms with Crippen molar-refractivity contribution in [2.45, 2.75) is 25.0 Å². The maximum Gasteiger partial charge on any atom is 0.335 e. The second-order valence-corrected chi connectivity index (χ2v) is 9.19. The number of aliphatic hydroxyl groups is 1. The number of aryl methyl sites for hydroxylation is 1. The van der Waals surface area contributed by atoms with Crippen LogP contribution >= 0.6 is 0 Å². The Morgan fingerprint density at radius 1 is 1.03 bits per heavy atom. The van der Waals surface area contributed by atoms with Crippen molar-refractivity contribution < 1.29 is 24.5 Å². The highest BCUT2D eigenvalue weighted by atomic mass is 16.5. The summed E-state index contributed by atoms with van der Waals surface area (Å²) in [6, 6.07) is 24.7. The number of nitrogens with one attached hydrogen (secondary N) is 1. The van der Waals surface area contributed by atoms with Crippen molar-refractivity contribution >= 4 is 5.97 Å². The molecule has 1 aliphatic rings. The van der Waals surface area contributed by atoms with E-state index in [1.807, 2.05) is 77.6 Å². The van der Waals surface area contributed by atoms with Crippen molar-refractivity contribution in [3.05, 3.63) is 102 Å². The van der Waals surface area contributed by atoms with Gasteiger partial charge in [-0.25, -0.2) is 4.79 Å². The number of carboxylic acids is 1. The lowest BCUT2D eigenvalue weighted by Gasteiger charge is -2.27. The van der Waals surface area contributed by atoms with Gasteiger partial charge in [-0.05, 0) is 90.2 Å². The fourth-order valence-electron chi connectivity index (χ4n) is 4.46. The summed E-state index contributed by atoms with van der Waals surface area (Å²) in [5.41, 5.74) is 4.49. The van der Waals surface area contributed by atoms with Crippen LogP contribution in [0.4, 0.5) is 0 Å². The summed E-state index contributed by atoms with van der Waals surface area (Å²) in [6.07, 6.45) is 5.15. The van der Waals surface area contributed by atoms with E-state index < -0.39 is 12.1 Å². The first-order valence-electron chi connectivity index (χ1n) is 12.4. The Morgan fingerprint density at radius 3 is 2.49 bits per heavy atom. The lowest BCUT2D eigenvalue weighted by atomic mass is 9.96. The molecule has 0 aliphatic carbocycles. The number of carboxylic acid groups (broad SMARTS) is 1. The third-order valence-electron chi connectivity index (χ3n) is 6.49. The molecule has 0 saturated heterocycles. The zero-order chi connectivity index (χ0) is 25.6. The Bertz CT molecular complexity index is 1320. The summed E-state index contributed by atoms with van der Waals surface area (Å²) in [7, 11) is 0. The van der Waals surface area contributed by atoms with Crippen LogP contribution in [0.5, 0.6) is 11.5 Å². The highest BCUT2D eigenvalue weighted by molar-refractivity contribution is 5.88. The van der Waals surface area contributed by atoms with Crippen LogP contribution in [0, 0.1) is 0 Å². The minimum Gasteiger partial charge on any atom is -0.491 e. The third-order valence-corrected chi connectivity index (χ3v) is 6.49. The zero-order valence-electron chi connectivity index (χ0n) is 20.4. The van der Waals surface area contributed by atoms with E-state index in [1.54, 1.807) is 12.1 Å². The minimum absolute atomic E-state index is 0.0301. The van der Waals surface area contributed by atoms with E-state index in [1.165, 1.54) is 0 Å². The Morgan fingerprint density at radius 2 is 1.76 bits per heavy atom. The van der Waals surface area contributed by atoms with Gasteiger partial charge < -0.3 is 29.6 Å². The van der Waals surface area contributed by atoms with Gasteiger partial charge in [0.25, 0.3) is 0 Å². The van der Waals surface area contributed by atoms with Crippen molar-refractivity contribution in [1.82, 2.24) is 9.88 Å². The molecule has 0 fully saturated rings. The van der Waals surface area contributed by atoms with Gasteiger partial charge in [-0.2, -0.15) is 0 Å². The van der Waals surface area contributed by atoms with Crippen LogP contribution in [0.3, 0.4) is 0 Å². The van der Waals surface area contributed by atoms with Crippen LogP contribution in [-0.2, 0) is 6.42 Å². The predicted octanol–water partition coefficient (Wildman–Crippen LogP) is 4.57. The number of carbonyl (C=O) groups is 1. The number of nitrogens with zero attached hydrogens (tertiary/aromatic N) is 1. The van der Waals surface area contributed by atoms with Gasteiger partial charge in [0, 0.05) is 31.2 Å². The topological polar surface area (TPSA) is 93.0 Å². The number of rotatable bonds is 10. The van der Waals surface area contributed by atoms with Crippen molar-refractivity contribution in [2.24, 2.45) is 0 Å². The second-order valence-electron chi connectivity index (χ2n) is 9.19. The molecule has 5 rings (SSSR count). The SMILES string of the molecule is O=C(O)c1ccc(-c2ccc3c(c2)CCC(CNCC(O)COc2ccc(-n4cccc4)cc2)O3)cc1. The molecule has 3 aromatic carbocycles. The van der Waals surface area contributed by atoms with Crippen LogP contribution in [-0.4, -0.2) is 52.7 Å². The lowest BCUT2D eigenvalue weighted by molar-refractivity contribution is 0.0697. The van der Waals surface area contributed by atoms with Crippen molar-refractivity contribution in [3.8, 4) is 28.3 Å². The van der Waals surface area contributed by atoms with Crippen molar-refractivity contribution in [2.75, 3.05) is 19.7 Å². The smallest absolute Gasteiger partial charge is 0.335 e. The maximum atomic E-state index is 11.1. The molecule has 0 radical (unpaired) electrons. The van der Waals surface area contributed by atoms with Gasteiger partial charge in [0.2, 0.25) is 0 Å². The van der Waals surface area contributed by atoms with E-state index >= 15 is 0 Å². The molecule has 1 aromatic heterocycles. The van der Waals surface area contributed by atoms with Gasteiger partial charge in [-0.3, -0.25) is 0 Å². The predicted molar refractivity (Wildman–Crippen MR) is 142 cm³/mol. The fourth-order valence-corrected chi connectivity index (χ4v) is 4.46. The fraction of sp³-hybridized carbons (Fsp3) is 0.233. The number of hydrogen-bond acceptors (Lipinski definition) is 5. The molecule has 0 amide bonds. The van der Waals surface area contributed by atoms with Gasteiger partial charge in [-0.15, -0.1) is 0 Å². The molecule has 190 valence electrons. The molecular formula is C30H30N2O5. The normalized spacial score (nSPS) is 15.4. The number of ether oxygens (including phenoxy) is 2. The van der Waals surface area contributed by atoms with Gasteiger partial charge >= 0.3 is 5.97 Å². The Labute approximate surface area is 215 Å². The number of hydrogen-bond donors (Lipinski definition) is 3. The van der Waals surface area contributed by atoms with E-state index in [4.69, 9.17) is 14.6 Å². The molecule has 3 N–H and O–H groups in total. The summed E-state index contributed by atoms with van der Waals surface area (Å²) >= 11 is 0. The largest absolute Gasteiger partial charge is 0.491 e. The van der Waals surface area contributed by atoms with Gasteiger partial charge in [0.05, 0.1) is 5.56 Å². The molecule has 7 heteroatoms. The molecule has 0 bridgehead atoms. The van der Waals surface area contributed by atoms with Gasteiger partial charge in [0.15, 0.2) is 0 Å². The first-order chi connectivity index (χ1) is 18.0. The standard InChI is InChI=1S/C30H30N2O5/c33-26(20-36-27-12-9-25(10-13-27)32-15-1-2-16-32)18-31-19-28-11-7-24-17-23(8-14-29(24)37-28)21-3-5-22(6-4-21)30(34)35/h1-6,8-10,12-17,26,28,31,33H,7,11,18-20H2,(H,34,35). The number of aromatic nitrogens is 1. The van der Waals surface area contributed by atoms with Crippen LogP contribution in [0.15, 0.2) is 91.3 Å². The molecule has 0 saturated carbocycles. The minimum atomic E-state index is -0.927. The average molecular weight is 499 g/mol.